The molecule has 1 aromatic heterocycles. The highest BCUT2D eigenvalue weighted by atomic mass is 16.5. The van der Waals surface area contributed by atoms with Crippen molar-refractivity contribution in [3.63, 3.8) is 0 Å². The van der Waals surface area contributed by atoms with Gasteiger partial charge in [0.1, 0.15) is 5.82 Å². The largest absolute Gasteiger partial charge is 0.463 e. The van der Waals surface area contributed by atoms with Crippen molar-refractivity contribution in [2.24, 2.45) is 11.1 Å². The number of hydrogen-bond acceptors (Lipinski definition) is 6. The van der Waals surface area contributed by atoms with Crippen LogP contribution in [0.3, 0.4) is 0 Å². The first kappa shape index (κ1) is 20.8. The van der Waals surface area contributed by atoms with Gasteiger partial charge in [0.05, 0.1) is 18.1 Å². The van der Waals surface area contributed by atoms with E-state index in [1.165, 1.54) is 0 Å². The van der Waals surface area contributed by atoms with E-state index < -0.39 is 11.9 Å². The van der Waals surface area contributed by atoms with E-state index in [-0.39, 0.29) is 23.4 Å². The SMILES string of the molecule is CCOC(=O)C1=C(N)N(c2ccccc2)C2=C(C(=O)CC(C)(C)C2)[C@H]1c1cccnc1. The molecule has 4 rings (SSSR count). The summed E-state index contributed by atoms with van der Waals surface area (Å²) in [7, 11) is 0. The van der Waals surface area contributed by atoms with Crippen molar-refractivity contribution in [1.29, 1.82) is 0 Å². The normalized spacial score (nSPS) is 20.5. The third-order valence-electron chi connectivity index (χ3n) is 5.79. The van der Waals surface area contributed by atoms with Crippen molar-refractivity contribution in [3.8, 4) is 0 Å². The summed E-state index contributed by atoms with van der Waals surface area (Å²) in [6.07, 6.45) is 4.42. The number of para-hydroxylation sites is 1. The standard InChI is InChI=1S/C25H27N3O3/c1-4-31-24(30)22-20(16-9-8-12-27-15-16)21-18(13-25(2,3)14-19(21)29)28(23(22)26)17-10-6-5-7-11-17/h5-12,15,20H,4,13-14,26H2,1-3H3/t20-/m1/s1. The van der Waals surface area contributed by atoms with Crippen LogP contribution in [0.5, 0.6) is 0 Å². The van der Waals surface area contributed by atoms with Crippen molar-refractivity contribution in [2.45, 2.75) is 39.5 Å². The molecule has 1 aliphatic carbocycles. The van der Waals surface area contributed by atoms with Gasteiger partial charge in [-0.1, -0.05) is 38.1 Å². The number of benzene rings is 1. The van der Waals surface area contributed by atoms with E-state index in [4.69, 9.17) is 10.5 Å². The van der Waals surface area contributed by atoms with Gasteiger partial charge in [-0.15, -0.1) is 0 Å². The first-order chi connectivity index (χ1) is 14.8. The number of carbonyl (C=O) groups excluding carboxylic acids is 2. The van der Waals surface area contributed by atoms with Gasteiger partial charge < -0.3 is 10.5 Å². The van der Waals surface area contributed by atoms with Crippen LogP contribution in [0.25, 0.3) is 0 Å². The summed E-state index contributed by atoms with van der Waals surface area (Å²) in [4.78, 5) is 32.7. The number of Topliss-reactive ketones (excluding diaryl/α,β-unsaturated/α-hetero) is 1. The second-order valence-electron chi connectivity index (χ2n) is 8.71. The van der Waals surface area contributed by atoms with Crippen LogP contribution in [0.15, 0.2) is 77.5 Å². The summed E-state index contributed by atoms with van der Waals surface area (Å²) < 4.78 is 5.39. The highest BCUT2D eigenvalue weighted by molar-refractivity contribution is 6.05. The second-order valence-corrected chi connectivity index (χ2v) is 8.71. The van der Waals surface area contributed by atoms with Gasteiger partial charge in [0.25, 0.3) is 0 Å². The molecular formula is C25H27N3O3. The van der Waals surface area contributed by atoms with Gasteiger partial charge in [-0.25, -0.2) is 4.79 Å². The number of ether oxygens (including phenoxy) is 1. The molecule has 0 radical (unpaired) electrons. The second kappa shape index (κ2) is 8.02. The maximum absolute atomic E-state index is 13.5. The number of carbonyl (C=O) groups is 2. The lowest BCUT2D eigenvalue weighted by molar-refractivity contribution is -0.138. The molecule has 1 aliphatic heterocycles. The van der Waals surface area contributed by atoms with Crippen molar-refractivity contribution in [1.82, 2.24) is 4.98 Å². The molecule has 0 saturated heterocycles. The minimum Gasteiger partial charge on any atom is -0.463 e. The van der Waals surface area contributed by atoms with E-state index in [1.54, 1.807) is 25.4 Å². The Balaban J connectivity index is 2.01. The molecule has 1 aromatic carbocycles. The van der Waals surface area contributed by atoms with Crippen LogP contribution in [0.1, 0.15) is 45.1 Å². The van der Waals surface area contributed by atoms with Crippen LogP contribution in [0, 0.1) is 5.41 Å². The number of ketones is 1. The monoisotopic (exact) mass is 417 g/mol. The molecule has 2 aromatic rings. The Labute approximate surface area is 182 Å². The van der Waals surface area contributed by atoms with E-state index >= 15 is 0 Å². The summed E-state index contributed by atoms with van der Waals surface area (Å²) in [5, 5.41) is 0. The van der Waals surface area contributed by atoms with Gasteiger partial charge in [0, 0.05) is 35.8 Å². The van der Waals surface area contributed by atoms with Crippen LogP contribution in [0.4, 0.5) is 5.69 Å². The number of allylic oxidation sites excluding steroid dienone is 2. The molecule has 2 N–H and O–H groups in total. The van der Waals surface area contributed by atoms with Crippen LogP contribution in [0.2, 0.25) is 0 Å². The molecule has 31 heavy (non-hydrogen) atoms. The average Bonchev–Trinajstić information content (AvgIpc) is 2.73. The van der Waals surface area contributed by atoms with E-state index in [9.17, 15) is 9.59 Å². The molecule has 6 heteroatoms. The number of nitrogens with zero attached hydrogens (tertiary/aromatic N) is 2. The minimum absolute atomic E-state index is 0.0235. The predicted octanol–water partition coefficient (Wildman–Crippen LogP) is 4.06. The topological polar surface area (TPSA) is 85.5 Å². The zero-order chi connectivity index (χ0) is 22.2. The number of pyridine rings is 1. The van der Waals surface area contributed by atoms with E-state index in [1.807, 2.05) is 41.3 Å². The number of nitrogens with two attached hydrogens (primary N) is 1. The third-order valence-corrected chi connectivity index (χ3v) is 5.79. The molecule has 0 spiro atoms. The molecule has 160 valence electrons. The van der Waals surface area contributed by atoms with Gasteiger partial charge in [-0.2, -0.15) is 0 Å². The summed E-state index contributed by atoms with van der Waals surface area (Å²) >= 11 is 0. The van der Waals surface area contributed by atoms with Crippen molar-refractivity contribution in [2.75, 3.05) is 11.5 Å². The Kier molecular flexibility index (Phi) is 5.39. The molecular weight excluding hydrogens is 390 g/mol. The zero-order valence-electron chi connectivity index (χ0n) is 18.1. The Morgan fingerprint density at radius 1 is 1.19 bits per heavy atom. The number of anilines is 1. The maximum Gasteiger partial charge on any atom is 0.338 e. The Morgan fingerprint density at radius 2 is 1.94 bits per heavy atom. The molecule has 0 fully saturated rings. The van der Waals surface area contributed by atoms with E-state index in [2.05, 4.69) is 18.8 Å². The van der Waals surface area contributed by atoms with E-state index in [0.717, 1.165) is 16.9 Å². The number of rotatable bonds is 4. The summed E-state index contributed by atoms with van der Waals surface area (Å²) in [5.74, 6) is -0.802. The number of esters is 1. The van der Waals surface area contributed by atoms with Crippen LogP contribution in [-0.4, -0.2) is 23.3 Å². The van der Waals surface area contributed by atoms with Crippen LogP contribution in [-0.2, 0) is 14.3 Å². The number of hydrogen-bond donors (Lipinski definition) is 1. The Bertz CT molecular complexity index is 1070. The fourth-order valence-corrected chi connectivity index (χ4v) is 4.57. The van der Waals surface area contributed by atoms with Gasteiger partial charge in [0.15, 0.2) is 5.78 Å². The van der Waals surface area contributed by atoms with Crippen molar-refractivity contribution < 1.29 is 14.3 Å². The summed E-state index contributed by atoms with van der Waals surface area (Å²) in [6, 6.07) is 13.3. The summed E-state index contributed by atoms with van der Waals surface area (Å²) in [6.45, 7) is 6.13. The average molecular weight is 418 g/mol. The third kappa shape index (κ3) is 3.74. The molecule has 0 saturated carbocycles. The first-order valence-electron chi connectivity index (χ1n) is 10.5. The smallest absolute Gasteiger partial charge is 0.338 e. The van der Waals surface area contributed by atoms with Crippen LogP contribution < -0.4 is 10.6 Å². The molecule has 0 amide bonds. The lowest BCUT2D eigenvalue weighted by Crippen LogP contribution is -2.43. The fourth-order valence-electron chi connectivity index (χ4n) is 4.57. The van der Waals surface area contributed by atoms with E-state index in [0.29, 0.717) is 24.2 Å². The lowest BCUT2D eigenvalue weighted by atomic mass is 9.68. The summed E-state index contributed by atoms with van der Waals surface area (Å²) in [5.41, 5.74) is 9.76. The Morgan fingerprint density at radius 3 is 2.58 bits per heavy atom. The molecule has 6 nitrogen and oxygen atoms in total. The molecule has 2 heterocycles. The van der Waals surface area contributed by atoms with Gasteiger partial charge >= 0.3 is 5.97 Å². The minimum atomic E-state index is -0.605. The first-order valence-corrected chi connectivity index (χ1v) is 10.5. The molecule has 0 unspecified atom stereocenters. The van der Waals surface area contributed by atoms with Crippen molar-refractivity contribution in [3.05, 3.63) is 83.1 Å². The molecule has 2 aliphatic rings. The van der Waals surface area contributed by atoms with Crippen molar-refractivity contribution >= 4 is 17.4 Å². The highest BCUT2D eigenvalue weighted by Crippen LogP contribution is 2.50. The van der Waals surface area contributed by atoms with Gasteiger partial charge in [0.2, 0.25) is 0 Å². The zero-order valence-corrected chi connectivity index (χ0v) is 18.1. The fraction of sp³-hybridized carbons (Fsp3) is 0.320. The quantitative estimate of drug-likeness (QED) is 0.755. The number of aromatic nitrogens is 1. The van der Waals surface area contributed by atoms with Gasteiger partial charge in [-0.05, 0) is 42.5 Å². The highest BCUT2D eigenvalue weighted by Gasteiger charge is 2.46. The maximum atomic E-state index is 13.5. The molecule has 0 bridgehead atoms. The predicted molar refractivity (Wildman–Crippen MR) is 119 cm³/mol. The lowest BCUT2D eigenvalue weighted by Gasteiger charge is -2.44. The Hall–Kier alpha value is -3.41. The van der Waals surface area contributed by atoms with Gasteiger partial charge in [-0.3, -0.25) is 14.7 Å². The van der Waals surface area contributed by atoms with Crippen LogP contribution >= 0.6 is 0 Å². The molecule has 1 atom stereocenters.